The highest BCUT2D eigenvalue weighted by atomic mass is 16.7. The van der Waals surface area contributed by atoms with Gasteiger partial charge >= 0.3 is 0 Å². The van der Waals surface area contributed by atoms with Crippen LogP contribution in [0.2, 0.25) is 0 Å². The number of likely N-dealkylation sites (N-methyl/N-ethyl adjacent to an activating group) is 1. The lowest BCUT2D eigenvalue weighted by Crippen LogP contribution is -2.51. The van der Waals surface area contributed by atoms with Crippen molar-refractivity contribution in [1.82, 2.24) is 9.96 Å². The maximum atomic E-state index is 11.4. The van der Waals surface area contributed by atoms with Crippen LogP contribution in [0.1, 0.15) is 12.8 Å². The molecule has 2 heterocycles. The van der Waals surface area contributed by atoms with Gasteiger partial charge in [0.2, 0.25) is 5.91 Å². The number of piperidine rings is 1. The summed E-state index contributed by atoms with van der Waals surface area (Å²) in [6.45, 7) is 1.77. The van der Waals surface area contributed by atoms with Crippen LogP contribution < -0.4 is 0 Å². The van der Waals surface area contributed by atoms with E-state index in [1.165, 1.54) is 0 Å². The third-order valence-corrected chi connectivity index (χ3v) is 3.38. The predicted molar refractivity (Wildman–Crippen MR) is 52.5 cm³/mol. The highest BCUT2D eigenvalue weighted by molar-refractivity contribution is 5.91. The zero-order valence-electron chi connectivity index (χ0n) is 8.69. The lowest BCUT2D eigenvalue weighted by molar-refractivity contribution is -0.159. The largest absolute Gasteiger partial charge is 0.333 e. The van der Waals surface area contributed by atoms with Gasteiger partial charge in [-0.2, -0.15) is 5.06 Å². The molecule has 1 amide bonds. The average molecular weight is 196 g/mol. The van der Waals surface area contributed by atoms with Crippen LogP contribution in [0.5, 0.6) is 0 Å². The molecule has 2 aliphatic heterocycles. The molecule has 4 nitrogen and oxygen atoms in total. The van der Waals surface area contributed by atoms with E-state index >= 15 is 0 Å². The first-order chi connectivity index (χ1) is 6.68. The van der Waals surface area contributed by atoms with Crippen LogP contribution in [0, 0.1) is 0 Å². The van der Waals surface area contributed by atoms with Gasteiger partial charge in [-0.05, 0) is 12.8 Å². The third-order valence-electron chi connectivity index (χ3n) is 3.38. The number of hydrogen-bond donors (Lipinski definition) is 0. The molecule has 0 unspecified atom stereocenters. The Hall–Kier alpha value is -0.870. The van der Waals surface area contributed by atoms with Gasteiger partial charge in [-0.15, -0.1) is 0 Å². The zero-order chi connectivity index (χ0) is 10.2. The summed E-state index contributed by atoms with van der Waals surface area (Å²) in [4.78, 5) is 18.4. The van der Waals surface area contributed by atoms with E-state index in [-0.39, 0.29) is 11.4 Å². The Labute approximate surface area is 84.1 Å². The summed E-state index contributed by atoms with van der Waals surface area (Å²) in [5, 5.41) is 1.94. The summed E-state index contributed by atoms with van der Waals surface area (Å²) in [5.74, 6) is 0.121. The summed E-state index contributed by atoms with van der Waals surface area (Å²) in [7, 11) is 3.57. The first-order valence-corrected chi connectivity index (χ1v) is 4.94. The summed E-state index contributed by atoms with van der Waals surface area (Å²) in [6, 6.07) is 0. The van der Waals surface area contributed by atoms with E-state index in [0.29, 0.717) is 0 Å². The van der Waals surface area contributed by atoms with E-state index in [4.69, 9.17) is 4.84 Å². The molecule has 0 radical (unpaired) electrons. The topological polar surface area (TPSA) is 32.8 Å². The summed E-state index contributed by atoms with van der Waals surface area (Å²) >= 11 is 0. The molecule has 0 aromatic rings. The number of hydroxylamine groups is 2. The molecular formula is C10H16N2O2. The van der Waals surface area contributed by atoms with Crippen LogP contribution in [-0.2, 0) is 9.63 Å². The van der Waals surface area contributed by atoms with Crippen molar-refractivity contribution in [2.45, 2.75) is 18.4 Å². The lowest BCUT2D eigenvalue weighted by atomic mass is 9.88. The second kappa shape index (κ2) is 3.37. The molecule has 4 heteroatoms. The van der Waals surface area contributed by atoms with Gasteiger partial charge in [0.05, 0.1) is 12.6 Å². The molecule has 0 saturated carbocycles. The summed E-state index contributed by atoms with van der Waals surface area (Å²) < 4.78 is 0. The van der Waals surface area contributed by atoms with E-state index in [1.807, 2.05) is 23.1 Å². The number of hydrogen-bond acceptors (Lipinski definition) is 3. The SMILES string of the molecule is CON1CCC2(C=CC(=O)N2C)CC1. The van der Waals surface area contributed by atoms with Crippen LogP contribution in [0.25, 0.3) is 0 Å². The zero-order valence-corrected chi connectivity index (χ0v) is 8.69. The van der Waals surface area contributed by atoms with Crippen molar-refractivity contribution < 1.29 is 9.63 Å². The van der Waals surface area contributed by atoms with Gasteiger partial charge in [0.15, 0.2) is 0 Å². The number of carbonyl (C=O) groups is 1. The monoisotopic (exact) mass is 196 g/mol. The normalized spacial score (nSPS) is 26.4. The maximum absolute atomic E-state index is 11.4. The first-order valence-electron chi connectivity index (χ1n) is 4.94. The van der Waals surface area contributed by atoms with Crippen molar-refractivity contribution in [3.8, 4) is 0 Å². The van der Waals surface area contributed by atoms with E-state index in [9.17, 15) is 4.79 Å². The van der Waals surface area contributed by atoms with Gasteiger partial charge in [-0.25, -0.2) is 0 Å². The van der Waals surface area contributed by atoms with E-state index < -0.39 is 0 Å². The quantitative estimate of drug-likeness (QED) is 0.609. The number of amides is 1. The van der Waals surface area contributed by atoms with Crippen LogP contribution in [0.3, 0.4) is 0 Å². The molecule has 1 spiro atoms. The van der Waals surface area contributed by atoms with Gasteiger partial charge in [0.1, 0.15) is 0 Å². The van der Waals surface area contributed by atoms with Gasteiger partial charge < -0.3 is 9.74 Å². The Kier molecular flexibility index (Phi) is 2.33. The second-order valence-electron chi connectivity index (χ2n) is 3.95. The second-order valence-corrected chi connectivity index (χ2v) is 3.95. The molecule has 1 fully saturated rings. The predicted octanol–water partition coefficient (Wildman–Crippen LogP) is 0.411. The van der Waals surface area contributed by atoms with Crippen molar-refractivity contribution in [1.29, 1.82) is 0 Å². The molecule has 0 bridgehead atoms. The fourth-order valence-electron chi connectivity index (χ4n) is 2.23. The fraction of sp³-hybridized carbons (Fsp3) is 0.700. The highest BCUT2D eigenvalue weighted by Gasteiger charge is 2.41. The minimum atomic E-state index is -0.0356. The van der Waals surface area contributed by atoms with Crippen LogP contribution in [0.4, 0.5) is 0 Å². The molecule has 2 rings (SSSR count). The van der Waals surface area contributed by atoms with Gasteiger partial charge in [-0.3, -0.25) is 4.79 Å². The Balaban J connectivity index is 2.06. The highest BCUT2D eigenvalue weighted by Crippen LogP contribution is 2.33. The Morgan fingerprint density at radius 3 is 2.50 bits per heavy atom. The Bertz CT molecular complexity index is 267. The average Bonchev–Trinajstić information content (AvgIpc) is 2.49. The molecule has 0 aliphatic carbocycles. The molecule has 0 aromatic heterocycles. The first kappa shape index (κ1) is 9.68. The maximum Gasteiger partial charge on any atom is 0.246 e. The van der Waals surface area contributed by atoms with Crippen molar-refractivity contribution in [2.75, 3.05) is 27.2 Å². The minimum Gasteiger partial charge on any atom is -0.333 e. The van der Waals surface area contributed by atoms with E-state index in [1.54, 1.807) is 13.2 Å². The van der Waals surface area contributed by atoms with Gasteiger partial charge in [0, 0.05) is 26.2 Å². The third kappa shape index (κ3) is 1.35. The van der Waals surface area contributed by atoms with E-state index in [0.717, 1.165) is 25.9 Å². The van der Waals surface area contributed by atoms with Crippen LogP contribution >= 0.6 is 0 Å². The Morgan fingerprint density at radius 2 is 2.07 bits per heavy atom. The number of nitrogens with zero attached hydrogens (tertiary/aromatic N) is 2. The van der Waals surface area contributed by atoms with Crippen molar-refractivity contribution >= 4 is 5.91 Å². The van der Waals surface area contributed by atoms with Crippen molar-refractivity contribution in [2.24, 2.45) is 0 Å². The van der Waals surface area contributed by atoms with Crippen molar-refractivity contribution in [3.05, 3.63) is 12.2 Å². The number of rotatable bonds is 1. The standard InChI is InChI=1S/C10H16N2O2/c1-11-9(13)3-4-10(11)5-7-12(14-2)8-6-10/h3-4H,5-8H2,1-2H3. The molecule has 78 valence electrons. The van der Waals surface area contributed by atoms with E-state index in [2.05, 4.69) is 0 Å². The number of carbonyl (C=O) groups excluding carboxylic acids is 1. The molecular weight excluding hydrogens is 180 g/mol. The van der Waals surface area contributed by atoms with Crippen LogP contribution in [-0.4, -0.2) is 48.7 Å². The van der Waals surface area contributed by atoms with Gasteiger partial charge in [-0.1, -0.05) is 6.08 Å². The molecule has 0 atom stereocenters. The molecule has 0 N–H and O–H groups in total. The molecule has 1 saturated heterocycles. The van der Waals surface area contributed by atoms with Crippen molar-refractivity contribution in [3.63, 3.8) is 0 Å². The van der Waals surface area contributed by atoms with Gasteiger partial charge in [0.25, 0.3) is 0 Å². The fourth-order valence-corrected chi connectivity index (χ4v) is 2.23. The smallest absolute Gasteiger partial charge is 0.246 e. The summed E-state index contributed by atoms with van der Waals surface area (Å²) in [6.07, 6.45) is 5.64. The van der Waals surface area contributed by atoms with Crippen LogP contribution in [0.15, 0.2) is 12.2 Å². The summed E-state index contributed by atoms with van der Waals surface area (Å²) in [5.41, 5.74) is -0.0356. The lowest BCUT2D eigenvalue weighted by Gasteiger charge is -2.41. The molecule has 2 aliphatic rings. The molecule has 0 aromatic carbocycles. The Morgan fingerprint density at radius 1 is 1.43 bits per heavy atom. The molecule has 14 heavy (non-hydrogen) atoms. The minimum absolute atomic E-state index is 0.0356.